The quantitative estimate of drug-likeness (QED) is 0.696. The predicted molar refractivity (Wildman–Crippen MR) is 117 cm³/mol. The van der Waals surface area contributed by atoms with Crippen molar-refractivity contribution in [3.63, 3.8) is 0 Å². The van der Waals surface area contributed by atoms with Gasteiger partial charge in [0.2, 0.25) is 5.91 Å². The Hall–Kier alpha value is -3.49. The molecule has 0 aliphatic carbocycles. The average Bonchev–Trinajstić information content (AvgIpc) is 3.05. The molecule has 172 valence electrons. The average molecular weight is 452 g/mol. The monoisotopic (exact) mass is 452 g/mol. The normalized spacial score (nSPS) is 24.0. The van der Waals surface area contributed by atoms with E-state index in [0.717, 1.165) is 17.0 Å². The summed E-state index contributed by atoms with van der Waals surface area (Å²) in [6, 6.07) is 9.86. The number of fused-ring (bicyclic) bond motifs is 4. The number of hydrogen-bond donors (Lipinski definition) is 1. The van der Waals surface area contributed by atoms with E-state index in [9.17, 15) is 23.6 Å². The number of urea groups is 1. The number of likely N-dealkylation sites (tertiary alicyclic amines) is 1. The Morgan fingerprint density at radius 3 is 2.70 bits per heavy atom. The zero-order valence-electron chi connectivity index (χ0n) is 18.1. The van der Waals surface area contributed by atoms with Gasteiger partial charge < -0.3 is 14.8 Å². The van der Waals surface area contributed by atoms with E-state index in [-0.39, 0.29) is 42.1 Å². The number of amides is 4. The van der Waals surface area contributed by atoms with Crippen molar-refractivity contribution < 1.29 is 18.8 Å². The molecule has 2 aromatic rings. The zero-order valence-corrected chi connectivity index (χ0v) is 18.1. The summed E-state index contributed by atoms with van der Waals surface area (Å²) in [4.78, 5) is 53.2. The van der Waals surface area contributed by atoms with Crippen molar-refractivity contribution in [2.45, 2.75) is 37.8 Å². The van der Waals surface area contributed by atoms with Crippen LogP contribution in [0, 0.1) is 11.7 Å². The van der Waals surface area contributed by atoms with Crippen LogP contribution in [0.25, 0.3) is 0 Å². The summed E-state index contributed by atoms with van der Waals surface area (Å²) < 4.78 is 15.2. The van der Waals surface area contributed by atoms with E-state index in [1.807, 2.05) is 6.07 Å². The van der Waals surface area contributed by atoms with E-state index >= 15 is 0 Å². The van der Waals surface area contributed by atoms with Crippen LogP contribution in [0.4, 0.5) is 9.18 Å². The van der Waals surface area contributed by atoms with Crippen LogP contribution in [0.2, 0.25) is 0 Å². The topological polar surface area (TPSA) is 91.7 Å². The van der Waals surface area contributed by atoms with Crippen LogP contribution in [0.1, 0.15) is 30.0 Å². The Morgan fingerprint density at radius 2 is 1.88 bits per heavy atom. The molecule has 0 saturated carbocycles. The zero-order chi connectivity index (χ0) is 23.1. The van der Waals surface area contributed by atoms with Gasteiger partial charge in [0.05, 0.1) is 6.42 Å². The lowest BCUT2D eigenvalue weighted by atomic mass is 9.83. The highest BCUT2D eigenvalue weighted by Crippen LogP contribution is 2.35. The second-order valence-electron chi connectivity index (χ2n) is 9.07. The Kier molecular flexibility index (Phi) is 5.47. The number of piperidine rings is 1. The van der Waals surface area contributed by atoms with Crippen molar-refractivity contribution >= 4 is 17.8 Å². The molecule has 3 unspecified atom stereocenters. The van der Waals surface area contributed by atoms with Crippen molar-refractivity contribution in [3.8, 4) is 0 Å². The molecular weight excluding hydrogens is 427 g/mol. The number of aromatic nitrogens is 1. The summed E-state index contributed by atoms with van der Waals surface area (Å²) in [6.45, 7) is 1.74. The molecule has 8 nitrogen and oxygen atoms in total. The van der Waals surface area contributed by atoms with Gasteiger partial charge in [0.1, 0.15) is 11.9 Å². The van der Waals surface area contributed by atoms with Crippen LogP contribution in [-0.2, 0) is 22.6 Å². The van der Waals surface area contributed by atoms with Crippen LogP contribution in [0.15, 0.2) is 47.3 Å². The maximum atomic E-state index is 13.4. The second kappa shape index (κ2) is 8.46. The number of hydrogen-bond acceptors (Lipinski definition) is 4. The molecule has 4 amide bonds. The van der Waals surface area contributed by atoms with Crippen LogP contribution < -0.4 is 10.9 Å². The van der Waals surface area contributed by atoms with Crippen LogP contribution in [0.3, 0.4) is 0 Å². The van der Waals surface area contributed by atoms with Crippen LogP contribution in [-0.4, -0.2) is 57.9 Å². The van der Waals surface area contributed by atoms with Crippen molar-refractivity contribution in [2.24, 2.45) is 5.92 Å². The third-order valence-corrected chi connectivity index (χ3v) is 6.83. The van der Waals surface area contributed by atoms with Gasteiger partial charge in [-0.25, -0.2) is 9.18 Å². The van der Waals surface area contributed by atoms with Gasteiger partial charge in [-0.1, -0.05) is 18.2 Å². The lowest BCUT2D eigenvalue weighted by Crippen LogP contribution is -2.50. The number of pyridine rings is 1. The minimum absolute atomic E-state index is 0.0143. The fraction of sp³-hybridized carbons (Fsp3) is 0.417. The number of carbonyl (C=O) groups is 3. The molecular formula is C24H25FN4O4. The van der Waals surface area contributed by atoms with Gasteiger partial charge in [-0.3, -0.25) is 19.3 Å². The van der Waals surface area contributed by atoms with Gasteiger partial charge in [-0.2, -0.15) is 0 Å². The number of nitrogens with one attached hydrogen (secondary N) is 1. The van der Waals surface area contributed by atoms with Gasteiger partial charge in [0.25, 0.3) is 11.5 Å². The first-order chi connectivity index (χ1) is 15.9. The molecule has 2 fully saturated rings. The molecule has 33 heavy (non-hydrogen) atoms. The molecule has 1 aromatic carbocycles. The third kappa shape index (κ3) is 4.15. The third-order valence-electron chi connectivity index (χ3n) is 6.83. The number of carbonyl (C=O) groups excluding carboxylic acids is 3. The lowest BCUT2D eigenvalue weighted by molar-refractivity contribution is -0.137. The molecule has 5 rings (SSSR count). The number of halogens is 1. The Bertz CT molecular complexity index is 1180. The van der Waals surface area contributed by atoms with E-state index in [1.165, 1.54) is 12.1 Å². The smallest absolute Gasteiger partial charge is 0.324 e. The SMILES string of the molecule is O=C(CC1NC(=O)N(CCc2cccc(F)c2)C1=O)N1CC2CC(C1)c1cccc(=O)n1C2. The van der Waals surface area contributed by atoms with Crippen molar-refractivity contribution in [2.75, 3.05) is 19.6 Å². The maximum absolute atomic E-state index is 13.4. The van der Waals surface area contributed by atoms with E-state index < -0.39 is 18.0 Å². The van der Waals surface area contributed by atoms with Crippen molar-refractivity contribution in [1.29, 1.82) is 0 Å². The second-order valence-corrected chi connectivity index (χ2v) is 9.07. The molecule has 0 radical (unpaired) electrons. The van der Waals surface area contributed by atoms with Crippen LogP contribution in [0.5, 0.6) is 0 Å². The van der Waals surface area contributed by atoms with E-state index in [2.05, 4.69) is 5.32 Å². The molecule has 2 bridgehead atoms. The first-order valence-corrected chi connectivity index (χ1v) is 11.2. The first-order valence-electron chi connectivity index (χ1n) is 11.2. The fourth-order valence-corrected chi connectivity index (χ4v) is 5.26. The molecule has 3 aliphatic heterocycles. The Morgan fingerprint density at radius 1 is 1.06 bits per heavy atom. The summed E-state index contributed by atoms with van der Waals surface area (Å²) in [5, 5.41) is 2.62. The molecule has 1 N–H and O–H groups in total. The molecule has 1 aromatic heterocycles. The molecule has 4 heterocycles. The van der Waals surface area contributed by atoms with Gasteiger partial charge in [-0.15, -0.1) is 0 Å². The van der Waals surface area contributed by atoms with Gasteiger partial charge in [0.15, 0.2) is 0 Å². The summed E-state index contributed by atoms with van der Waals surface area (Å²) in [6.07, 6.45) is 1.17. The van der Waals surface area contributed by atoms with E-state index in [0.29, 0.717) is 31.6 Å². The molecule has 0 spiro atoms. The molecule has 3 atom stereocenters. The predicted octanol–water partition coefficient (Wildman–Crippen LogP) is 1.49. The minimum Gasteiger partial charge on any atom is -0.342 e. The number of imide groups is 1. The standard InChI is InChI=1S/C24H25FN4O4/c25-18-4-1-3-15(10-18)7-8-28-23(32)19(26-24(28)33)11-22(31)27-12-16-9-17(14-27)20-5-2-6-21(30)29(20)13-16/h1-6,10,16-17,19H,7-9,11-14H2,(H,26,33). The highest BCUT2D eigenvalue weighted by molar-refractivity contribution is 6.05. The summed E-state index contributed by atoms with van der Waals surface area (Å²) >= 11 is 0. The molecule has 3 aliphatic rings. The van der Waals surface area contributed by atoms with Gasteiger partial charge in [-0.05, 0) is 42.5 Å². The summed E-state index contributed by atoms with van der Waals surface area (Å²) in [7, 11) is 0. The minimum atomic E-state index is -0.894. The number of rotatable bonds is 5. The highest BCUT2D eigenvalue weighted by atomic mass is 19.1. The Balaban J connectivity index is 1.21. The number of nitrogens with zero attached hydrogens (tertiary/aromatic N) is 3. The van der Waals surface area contributed by atoms with Gasteiger partial charge >= 0.3 is 6.03 Å². The lowest BCUT2D eigenvalue weighted by Gasteiger charge is -2.43. The molecule has 2 saturated heterocycles. The number of benzene rings is 1. The highest BCUT2D eigenvalue weighted by Gasteiger charge is 2.41. The Labute approximate surface area is 190 Å². The maximum Gasteiger partial charge on any atom is 0.324 e. The summed E-state index contributed by atoms with van der Waals surface area (Å²) in [5.41, 5.74) is 1.62. The van der Waals surface area contributed by atoms with E-state index in [4.69, 9.17) is 0 Å². The fourth-order valence-electron chi connectivity index (χ4n) is 5.26. The van der Waals surface area contributed by atoms with Gasteiger partial charge in [0, 0.05) is 43.9 Å². The first kappa shape index (κ1) is 21.4. The molecule has 9 heteroatoms. The van der Waals surface area contributed by atoms with E-state index in [1.54, 1.807) is 33.7 Å². The van der Waals surface area contributed by atoms with Crippen molar-refractivity contribution in [3.05, 3.63) is 69.9 Å². The van der Waals surface area contributed by atoms with Crippen LogP contribution >= 0.6 is 0 Å². The largest absolute Gasteiger partial charge is 0.342 e. The van der Waals surface area contributed by atoms with Crippen molar-refractivity contribution in [1.82, 2.24) is 19.7 Å². The summed E-state index contributed by atoms with van der Waals surface area (Å²) in [5.74, 6) is -0.697.